The average Bonchev–Trinajstić information content (AvgIpc) is 2.58. The minimum Gasteiger partial charge on any atom is -0.383 e. The van der Waals surface area contributed by atoms with Gasteiger partial charge in [0.15, 0.2) is 0 Å². The van der Waals surface area contributed by atoms with Crippen molar-refractivity contribution in [1.29, 1.82) is 0 Å². The number of amidine groups is 1. The van der Waals surface area contributed by atoms with E-state index in [9.17, 15) is 4.79 Å². The summed E-state index contributed by atoms with van der Waals surface area (Å²) in [7, 11) is 1.64. The monoisotopic (exact) mass is 254 g/mol. The van der Waals surface area contributed by atoms with Crippen LogP contribution in [0.5, 0.6) is 0 Å². The summed E-state index contributed by atoms with van der Waals surface area (Å²) in [5.74, 6) is 0.853. The van der Waals surface area contributed by atoms with Crippen molar-refractivity contribution in [2.45, 2.75) is 53.0 Å². The lowest BCUT2D eigenvalue weighted by molar-refractivity contribution is -0.116. The van der Waals surface area contributed by atoms with Gasteiger partial charge in [0, 0.05) is 19.2 Å². The average molecular weight is 254 g/mol. The molecule has 0 spiro atoms. The number of amides is 1. The number of hydrogen-bond acceptors (Lipinski definition) is 3. The molecule has 0 radical (unpaired) electrons. The van der Waals surface area contributed by atoms with E-state index < -0.39 is 0 Å². The van der Waals surface area contributed by atoms with Gasteiger partial charge in [0.05, 0.1) is 12.6 Å². The molecular weight excluding hydrogens is 228 g/mol. The minimum absolute atomic E-state index is 0.0344. The van der Waals surface area contributed by atoms with E-state index >= 15 is 0 Å². The number of carbonyl (C=O) groups excluding carboxylic acids is 1. The van der Waals surface area contributed by atoms with Crippen molar-refractivity contribution < 1.29 is 9.53 Å². The molecular formula is C14H26N2O2. The highest BCUT2D eigenvalue weighted by atomic mass is 16.5. The third-order valence-corrected chi connectivity index (χ3v) is 2.64. The van der Waals surface area contributed by atoms with Gasteiger partial charge in [-0.1, -0.05) is 19.9 Å². The molecule has 4 heteroatoms. The summed E-state index contributed by atoms with van der Waals surface area (Å²) in [6.45, 7) is 8.46. The maximum absolute atomic E-state index is 11.1. The molecule has 1 atom stereocenters. The molecule has 18 heavy (non-hydrogen) atoms. The Labute approximate surface area is 111 Å². The van der Waals surface area contributed by atoms with E-state index in [-0.39, 0.29) is 6.04 Å². The smallest absolute Gasteiger partial charge is 0.215 e. The summed E-state index contributed by atoms with van der Waals surface area (Å²) in [6, 6.07) is 0.0344. The molecule has 104 valence electrons. The summed E-state index contributed by atoms with van der Waals surface area (Å²) in [4.78, 5) is 17.2. The molecule has 0 aliphatic carbocycles. The minimum atomic E-state index is 0.0344. The number of carbonyl (C=O) groups is 1. The summed E-state index contributed by atoms with van der Waals surface area (Å²) in [5.41, 5.74) is 0.990. The number of allylic oxidation sites excluding steroid dienone is 2. The van der Waals surface area contributed by atoms with Crippen LogP contribution in [-0.4, -0.2) is 36.9 Å². The molecule has 1 aliphatic heterocycles. The third-order valence-electron chi connectivity index (χ3n) is 2.64. The highest BCUT2D eigenvalue weighted by Gasteiger charge is 2.18. The molecule has 1 aliphatic rings. The van der Waals surface area contributed by atoms with Gasteiger partial charge in [-0.25, -0.2) is 4.99 Å². The van der Waals surface area contributed by atoms with Gasteiger partial charge in [0.25, 0.3) is 0 Å². The summed E-state index contributed by atoms with van der Waals surface area (Å²) < 4.78 is 5.07. The summed E-state index contributed by atoms with van der Waals surface area (Å²) >= 11 is 0. The number of ether oxygens (including phenoxy) is 1. The van der Waals surface area contributed by atoms with Crippen LogP contribution in [0.4, 0.5) is 0 Å². The van der Waals surface area contributed by atoms with Gasteiger partial charge in [-0.3, -0.25) is 9.69 Å². The zero-order valence-electron chi connectivity index (χ0n) is 12.3. The predicted octanol–water partition coefficient (Wildman–Crippen LogP) is 2.99. The fourth-order valence-corrected chi connectivity index (χ4v) is 1.80. The second-order valence-corrected chi connectivity index (χ2v) is 4.08. The Morgan fingerprint density at radius 3 is 2.78 bits per heavy atom. The van der Waals surface area contributed by atoms with E-state index in [4.69, 9.17) is 4.74 Å². The maximum Gasteiger partial charge on any atom is 0.215 e. The van der Waals surface area contributed by atoms with Gasteiger partial charge in [-0.05, 0) is 26.7 Å². The van der Waals surface area contributed by atoms with E-state index in [1.165, 1.54) is 0 Å². The lowest BCUT2D eigenvalue weighted by Gasteiger charge is -2.25. The first kappa shape index (κ1) is 16.8. The Morgan fingerprint density at radius 2 is 2.22 bits per heavy atom. The normalized spacial score (nSPS) is 16.5. The lowest BCUT2D eigenvalue weighted by atomic mass is 10.2. The van der Waals surface area contributed by atoms with Crippen molar-refractivity contribution in [3.05, 3.63) is 11.8 Å². The van der Waals surface area contributed by atoms with E-state index in [2.05, 4.69) is 11.1 Å². The van der Waals surface area contributed by atoms with E-state index in [1.54, 1.807) is 12.0 Å². The van der Waals surface area contributed by atoms with Gasteiger partial charge in [-0.15, -0.1) is 0 Å². The van der Waals surface area contributed by atoms with Crippen molar-refractivity contribution >= 4 is 12.2 Å². The van der Waals surface area contributed by atoms with E-state index in [0.29, 0.717) is 6.61 Å². The summed E-state index contributed by atoms with van der Waals surface area (Å²) in [5, 5.41) is 0. The molecule has 0 aromatic heterocycles. The van der Waals surface area contributed by atoms with Gasteiger partial charge in [-0.2, -0.15) is 0 Å². The lowest BCUT2D eigenvalue weighted by Crippen LogP contribution is -2.40. The molecule has 0 saturated heterocycles. The van der Waals surface area contributed by atoms with Crippen molar-refractivity contribution in [3.8, 4) is 0 Å². The van der Waals surface area contributed by atoms with Crippen LogP contribution in [0.2, 0.25) is 0 Å². The van der Waals surface area contributed by atoms with Crippen LogP contribution in [0, 0.1) is 0 Å². The predicted molar refractivity (Wildman–Crippen MR) is 75.6 cm³/mol. The van der Waals surface area contributed by atoms with E-state index in [1.807, 2.05) is 27.7 Å². The molecule has 0 aromatic rings. The van der Waals surface area contributed by atoms with E-state index in [0.717, 1.165) is 37.2 Å². The molecule has 1 heterocycles. The van der Waals surface area contributed by atoms with Crippen LogP contribution >= 0.6 is 0 Å². The quantitative estimate of drug-likeness (QED) is 0.724. The second-order valence-electron chi connectivity index (χ2n) is 4.08. The van der Waals surface area contributed by atoms with Crippen LogP contribution in [0.1, 0.15) is 47.0 Å². The highest BCUT2D eigenvalue weighted by Crippen LogP contribution is 2.14. The first-order chi connectivity index (χ1) is 8.69. The number of methoxy groups -OCH3 is 1. The molecule has 0 saturated carbocycles. The van der Waals surface area contributed by atoms with Crippen LogP contribution in [-0.2, 0) is 9.53 Å². The molecule has 0 bridgehead atoms. The number of nitrogens with zero attached hydrogens (tertiary/aromatic N) is 2. The topological polar surface area (TPSA) is 41.9 Å². The van der Waals surface area contributed by atoms with Crippen molar-refractivity contribution in [2.75, 3.05) is 13.7 Å². The van der Waals surface area contributed by atoms with Crippen LogP contribution in [0.15, 0.2) is 16.8 Å². The van der Waals surface area contributed by atoms with Crippen molar-refractivity contribution in [2.24, 2.45) is 4.99 Å². The Balaban J connectivity index is 0.00000137. The molecule has 0 fully saturated rings. The Bertz CT molecular complexity index is 298. The Hall–Kier alpha value is -1.16. The highest BCUT2D eigenvalue weighted by molar-refractivity contribution is 5.91. The summed E-state index contributed by atoms with van der Waals surface area (Å²) in [6.07, 6.45) is 5.88. The fourth-order valence-electron chi connectivity index (χ4n) is 1.80. The molecule has 4 nitrogen and oxygen atoms in total. The number of hydrogen-bond donors (Lipinski definition) is 0. The van der Waals surface area contributed by atoms with Crippen LogP contribution in [0.3, 0.4) is 0 Å². The zero-order valence-corrected chi connectivity index (χ0v) is 12.3. The molecule has 1 amide bonds. The molecule has 0 N–H and O–H groups in total. The number of rotatable bonds is 4. The number of aliphatic imine (C=N–C) groups is 1. The Kier molecular flexibility index (Phi) is 9.19. The molecule has 1 rings (SSSR count). The largest absolute Gasteiger partial charge is 0.383 e. The maximum atomic E-state index is 11.1. The van der Waals surface area contributed by atoms with Gasteiger partial charge >= 0.3 is 0 Å². The zero-order chi connectivity index (χ0) is 14.0. The molecule has 1 unspecified atom stereocenters. The van der Waals surface area contributed by atoms with Crippen molar-refractivity contribution in [1.82, 2.24) is 4.90 Å². The SMILES string of the molecule is CC.COCC(C)N(C=O)C1=NC(C)=CCCC1. The fraction of sp³-hybridized carbons (Fsp3) is 0.714. The third kappa shape index (κ3) is 5.45. The van der Waals surface area contributed by atoms with Crippen LogP contribution in [0.25, 0.3) is 0 Å². The second kappa shape index (κ2) is 9.83. The van der Waals surface area contributed by atoms with Gasteiger partial charge < -0.3 is 4.74 Å². The first-order valence-corrected chi connectivity index (χ1v) is 6.66. The van der Waals surface area contributed by atoms with Gasteiger partial charge in [0.2, 0.25) is 6.41 Å². The first-order valence-electron chi connectivity index (χ1n) is 6.66. The Morgan fingerprint density at radius 1 is 1.56 bits per heavy atom. The standard InChI is InChI=1S/C12H20N2O2.C2H6/c1-10-6-4-5-7-12(13-10)14(9-15)11(2)8-16-3;1-2/h6,9,11H,4-5,7-8H2,1-3H3;1-2H3. The van der Waals surface area contributed by atoms with Gasteiger partial charge in [0.1, 0.15) is 5.84 Å². The van der Waals surface area contributed by atoms with Crippen LogP contribution < -0.4 is 0 Å². The van der Waals surface area contributed by atoms with Crippen molar-refractivity contribution in [3.63, 3.8) is 0 Å². The molecule has 0 aromatic carbocycles.